The number of ether oxygens (including phenoxy) is 1. The first kappa shape index (κ1) is 29.2. The highest BCUT2D eigenvalue weighted by Gasteiger charge is 2.47. The Morgan fingerprint density at radius 1 is 1.18 bits per heavy atom. The molecule has 1 atom stereocenters. The van der Waals surface area contributed by atoms with Gasteiger partial charge in [-0.2, -0.15) is 13.9 Å². The molecule has 1 saturated heterocycles. The minimum atomic E-state index is -3.52. The molecule has 0 amide bonds. The van der Waals surface area contributed by atoms with E-state index < -0.39 is 23.1 Å². The van der Waals surface area contributed by atoms with Gasteiger partial charge in [0.1, 0.15) is 22.8 Å². The topological polar surface area (TPSA) is 95.8 Å². The van der Waals surface area contributed by atoms with Crippen molar-refractivity contribution in [3.05, 3.63) is 51.8 Å². The number of hydrogen-bond donors (Lipinski definition) is 2. The quantitative estimate of drug-likeness (QED) is 0.409. The van der Waals surface area contributed by atoms with Crippen molar-refractivity contribution in [1.29, 1.82) is 0 Å². The van der Waals surface area contributed by atoms with Crippen LogP contribution in [-0.4, -0.2) is 69.7 Å². The van der Waals surface area contributed by atoms with Crippen LogP contribution >= 0.6 is 0 Å². The summed E-state index contributed by atoms with van der Waals surface area (Å²) in [7, 11) is 3.01. The molecule has 3 heterocycles. The Kier molecular flexibility index (Phi) is 8.06. The molecule has 1 aliphatic rings. The average molecular weight is 555 g/mol. The highest BCUT2D eigenvalue weighted by Crippen LogP contribution is 2.40. The molecule has 4 rings (SSSR count). The van der Waals surface area contributed by atoms with Gasteiger partial charge in [-0.1, -0.05) is 24.1 Å². The molecule has 2 N–H and O–H groups in total. The summed E-state index contributed by atoms with van der Waals surface area (Å²) in [5.41, 5.74) is -1.83. The number of alkyl halides is 2. The number of aryl methyl sites for hydroxylation is 1. The van der Waals surface area contributed by atoms with Crippen LogP contribution in [0.2, 0.25) is 0 Å². The molecular formula is C29H36F2N6O3. The van der Waals surface area contributed by atoms with Gasteiger partial charge in [-0.3, -0.25) is 9.69 Å². The minimum absolute atomic E-state index is 0.138. The summed E-state index contributed by atoms with van der Waals surface area (Å²) in [6, 6.07) is 6.97. The van der Waals surface area contributed by atoms with Crippen LogP contribution in [0.5, 0.6) is 5.88 Å². The fourth-order valence-corrected chi connectivity index (χ4v) is 4.82. The summed E-state index contributed by atoms with van der Waals surface area (Å²) in [5.74, 6) is -0.320. The molecule has 11 heteroatoms. The van der Waals surface area contributed by atoms with Crippen LogP contribution in [0.1, 0.15) is 44.9 Å². The molecule has 0 unspecified atom stereocenters. The molecular weight excluding hydrogens is 518 g/mol. The van der Waals surface area contributed by atoms with Crippen LogP contribution in [0.4, 0.5) is 20.3 Å². The molecule has 1 aromatic carbocycles. The Bertz CT molecular complexity index is 1480. The van der Waals surface area contributed by atoms with E-state index in [0.29, 0.717) is 22.9 Å². The predicted molar refractivity (Wildman–Crippen MR) is 152 cm³/mol. The average Bonchev–Trinajstić information content (AvgIpc) is 2.93. The van der Waals surface area contributed by atoms with E-state index in [4.69, 9.17) is 11.2 Å². The van der Waals surface area contributed by atoms with Crippen molar-refractivity contribution < 1.29 is 18.6 Å². The Labute approximate surface area is 232 Å². The number of hydrogen-bond acceptors (Lipinski definition) is 8. The molecule has 0 saturated carbocycles. The maximum atomic E-state index is 14.9. The Morgan fingerprint density at radius 2 is 1.85 bits per heavy atom. The number of benzene rings is 1. The zero-order valence-corrected chi connectivity index (χ0v) is 23.7. The second-order valence-corrected chi connectivity index (χ2v) is 10.8. The fraction of sp³-hybridized carbons (Fsp3) is 0.483. The third kappa shape index (κ3) is 5.46. The van der Waals surface area contributed by atoms with Gasteiger partial charge < -0.3 is 20.1 Å². The van der Waals surface area contributed by atoms with E-state index >= 15 is 0 Å². The summed E-state index contributed by atoms with van der Waals surface area (Å²) in [6.45, 7) is 9.66. The van der Waals surface area contributed by atoms with Gasteiger partial charge >= 0.3 is 5.92 Å². The smallest absolute Gasteiger partial charge is 0.300 e. The summed E-state index contributed by atoms with van der Waals surface area (Å²) >= 11 is 0. The molecule has 2 aromatic heterocycles. The number of halogens is 2. The molecule has 0 spiro atoms. The molecule has 1 aliphatic heterocycles. The van der Waals surface area contributed by atoms with Gasteiger partial charge in [0, 0.05) is 44.8 Å². The van der Waals surface area contributed by atoms with Crippen molar-refractivity contribution >= 4 is 22.4 Å². The zero-order chi connectivity index (χ0) is 29.4. The monoisotopic (exact) mass is 554 g/mol. The minimum Gasteiger partial charge on any atom is -0.480 e. The van der Waals surface area contributed by atoms with Crippen molar-refractivity contribution in [3.8, 4) is 18.2 Å². The molecule has 3 aromatic rings. The van der Waals surface area contributed by atoms with Crippen LogP contribution in [0.3, 0.4) is 0 Å². The number of fused-ring (bicyclic) bond motifs is 1. The molecule has 0 aliphatic carbocycles. The number of pyridine rings is 1. The number of terminal acetylenes is 1. The lowest BCUT2D eigenvalue weighted by atomic mass is 9.91. The van der Waals surface area contributed by atoms with Crippen molar-refractivity contribution in [3.63, 3.8) is 0 Å². The van der Waals surface area contributed by atoms with E-state index in [1.54, 1.807) is 6.07 Å². The zero-order valence-electron chi connectivity index (χ0n) is 23.7. The molecule has 9 nitrogen and oxygen atoms in total. The molecule has 214 valence electrons. The molecule has 0 bridgehead atoms. The van der Waals surface area contributed by atoms with Crippen molar-refractivity contribution in [2.24, 2.45) is 7.05 Å². The number of nitrogens with one attached hydrogen (secondary N) is 1. The number of nitrogens with zero attached hydrogens (tertiary/aromatic N) is 5. The highest BCUT2D eigenvalue weighted by molar-refractivity contribution is 5.92. The third-order valence-corrected chi connectivity index (χ3v) is 7.35. The largest absolute Gasteiger partial charge is 0.480 e. The van der Waals surface area contributed by atoms with Crippen molar-refractivity contribution in [2.75, 3.05) is 43.5 Å². The lowest BCUT2D eigenvalue weighted by molar-refractivity contribution is -0.168. The molecule has 1 fully saturated rings. The second kappa shape index (κ2) is 11.0. The highest BCUT2D eigenvalue weighted by atomic mass is 19.3. The summed E-state index contributed by atoms with van der Waals surface area (Å²) in [6.07, 6.45) is 5.85. The lowest BCUT2D eigenvalue weighted by Crippen LogP contribution is -2.49. The normalized spacial score (nSPS) is 15.8. The lowest BCUT2D eigenvalue weighted by Gasteiger charge is -2.38. The van der Waals surface area contributed by atoms with Crippen molar-refractivity contribution in [1.82, 2.24) is 19.7 Å². The standard InChI is InChI=1S/C29H36F2N6O3/c1-8-22(19-10-9-11-20(16-19)29(30,31)28(4,5)39)32-25-21-17-23(37-14-12-36(13-15-37)18(2)3)26(40-7)33-24(21)27(38)35(6)34-25/h1,9-11,16-18,22,39H,12-15H2,2-7H3,(H,32,34)/t22-/m1/s1. The van der Waals surface area contributed by atoms with Gasteiger partial charge in [0.15, 0.2) is 5.82 Å². The maximum absolute atomic E-state index is 14.9. The SMILES string of the molecule is C#C[C@@H](Nc1nn(C)c(=O)c2nc(OC)c(N3CCN(C(C)C)CC3)cc12)c1cccc(C(F)(F)C(C)(C)O)c1. The molecule has 40 heavy (non-hydrogen) atoms. The van der Waals surface area contributed by atoms with E-state index in [0.717, 1.165) is 50.4 Å². The first-order valence-corrected chi connectivity index (χ1v) is 13.2. The third-order valence-electron chi connectivity index (χ3n) is 7.35. The van der Waals surface area contributed by atoms with Crippen LogP contribution in [0, 0.1) is 12.3 Å². The predicted octanol–water partition coefficient (Wildman–Crippen LogP) is 3.52. The van der Waals surface area contributed by atoms with Gasteiger partial charge in [0.05, 0.1) is 12.5 Å². The summed E-state index contributed by atoms with van der Waals surface area (Å²) < 4.78 is 36.5. The number of methoxy groups -OCH3 is 1. The number of anilines is 2. The van der Waals surface area contributed by atoms with E-state index in [9.17, 15) is 18.7 Å². The first-order valence-electron chi connectivity index (χ1n) is 13.2. The van der Waals surface area contributed by atoms with Crippen LogP contribution in [-0.2, 0) is 13.0 Å². The Morgan fingerprint density at radius 3 is 2.42 bits per heavy atom. The first-order chi connectivity index (χ1) is 18.8. The van der Waals surface area contributed by atoms with Crippen molar-refractivity contribution in [2.45, 2.75) is 51.3 Å². The van der Waals surface area contributed by atoms with E-state index in [2.05, 4.69) is 45.0 Å². The summed E-state index contributed by atoms with van der Waals surface area (Å²) in [5, 5.41) is 18.0. The number of aliphatic hydroxyl groups is 1. The number of aromatic nitrogens is 3. The fourth-order valence-electron chi connectivity index (χ4n) is 4.82. The van der Waals surface area contributed by atoms with Crippen LogP contribution < -0.4 is 20.5 Å². The second-order valence-electron chi connectivity index (χ2n) is 10.8. The van der Waals surface area contributed by atoms with Gasteiger partial charge in [0.25, 0.3) is 5.56 Å². The Balaban J connectivity index is 1.77. The Hall–Kier alpha value is -3.75. The van der Waals surface area contributed by atoms with Gasteiger partial charge in [0.2, 0.25) is 5.88 Å². The maximum Gasteiger partial charge on any atom is 0.300 e. The van der Waals surface area contributed by atoms with Gasteiger partial charge in [-0.15, -0.1) is 6.42 Å². The van der Waals surface area contributed by atoms with E-state index in [1.165, 1.54) is 32.4 Å². The van der Waals surface area contributed by atoms with Crippen LogP contribution in [0.25, 0.3) is 10.9 Å². The molecule has 0 radical (unpaired) electrons. The van der Waals surface area contributed by atoms with Crippen LogP contribution in [0.15, 0.2) is 35.1 Å². The number of rotatable bonds is 8. The van der Waals surface area contributed by atoms with Gasteiger partial charge in [-0.05, 0) is 45.4 Å². The van der Waals surface area contributed by atoms with E-state index in [1.807, 2.05) is 6.07 Å². The number of piperazine rings is 1. The summed E-state index contributed by atoms with van der Waals surface area (Å²) in [4.78, 5) is 22.1. The van der Waals surface area contributed by atoms with Gasteiger partial charge in [-0.25, -0.2) is 9.67 Å². The van der Waals surface area contributed by atoms with E-state index in [-0.39, 0.29) is 16.9 Å².